The van der Waals surface area contributed by atoms with Gasteiger partial charge in [0.15, 0.2) is 5.69 Å². The van der Waals surface area contributed by atoms with Crippen LogP contribution >= 0.6 is 23.2 Å². The molecule has 3 aromatic rings. The number of carbonyl (C=O) groups is 1. The Labute approximate surface area is 136 Å². The molecule has 6 heteroatoms. The third-order valence-electron chi connectivity index (χ3n) is 3.15. The maximum atomic E-state index is 11.5. The van der Waals surface area contributed by atoms with E-state index >= 15 is 0 Å². The van der Waals surface area contributed by atoms with Crippen LogP contribution in [0.4, 0.5) is 0 Å². The number of carboxylic acid groups (broad SMARTS) is 1. The number of hydrogen-bond acceptors (Lipinski definition) is 2. The average Bonchev–Trinajstić information content (AvgIpc) is 2.93. The first-order valence-corrected chi connectivity index (χ1v) is 7.16. The van der Waals surface area contributed by atoms with Crippen molar-refractivity contribution in [1.29, 1.82) is 0 Å². The highest BCUT2D eigenvalue weighted by atomic mass is 35.5. The Hall–Kier alpha value is -2.30. The molecule has 0 bridgehead atoms. The maximum absolute atomic E-state index is 11.5. The number of halogens is 2. The molecule has 1 N–H and O–H groups in total. The number of aromatic nitrogens is 2. The molecule has 0 atom stereocenters. The van der Waals surface area contributed by atoms with E-state index in [1.54, 1.807) is 42.5 Å². The molecule has 110 valence electrons. The van der Waals surface area contributed by atoms with Crippen molar-refractivity contribution in [2.45, 2.75) is 0 Å². The van der Waals surface area contributed by atoms with Gasteiger partial charge in [-0.1, -0.05) is 41.4 Å². The van der Waals surface area contributed by atoms with Gasteiger partial charge in [-0.05, 0) is 36.4 Å². The molecule has 22 heavy (non-hydrogen) atoms. The van der Waals surface area contributed by atoms with Crippen LogP contribution < -0.4 is 0 Å². The first-order valence-electron chi connectivity index (χ1n) is 6.40. The zero-order chi connectivity index (χ0) is 15.7. The largest absolute Gasteiger partial charge is 0.477 e. The highest BCUT2D eigenvalue weighted by molar-refractivity contribution is 6.33. The molecule has 3 rings (SSSR count). The Morgan fingerprint density at radius 2 is 1.73 bits per heavy atom. The first kappa shape index (κ1) is 14.6. The lowest BCUT2D eigenvalue weighted by molar-refractivity contribution is 0.0687. The predicted octanol–water partition coefficient (Wildman–Crippen LogP) is 4.54. The third kappa shape index (κ3) is 2.71. The van der Waals surface area contributed by atoms with E-state index in [0.29, 0.717) is 27.0 Å². The molecule has 0 saturated heterocycles. The summed E-state index contributed by atoms with van der Waals surface area (Å²) in [6, 6.07) is 15.4. The smallest absolute Gasteiger partial charge is 0.354 e. The van der Waals surface area contributed by atoms with Gasteiger partial charge in [-0.15, -0.1) is 0 Å². The van der Waals surface area contributed by atoms with Crippen molar-refractivity contribution in [3.05, 3.63) is 70.3 Å². The van der Waals surface area contributed by atoms with Gasteiger partial charge in [0.2, 0.25) is 0 Å². The van der Waals surface area contributed by atoms with Crippen molar-refractivity contribution < 1.29 is 9.90 Å². The fraction of sp³-hybridized carbons (Fsp3) is 0. The van der Waals surface area contributed by atoms with E-state index in [0.717, 1.165) is 0 Å². The zero-order valence-corrected chi connectivity index (χ0v) is 12.7. The van der Waals surface area contributed by atoms with Crippen LogP contribution in [0.5, 0.6) is 0 Å². The molecular weight excluding hydrogens is 323 g/mol. The molecule has 0 saturated carbocycles. The van der Waals surface area contributed by atoms with Crippen molar-refractivity contribution >= 4 is 29.2 Å². The maximum Gasteiger partial charge on any atom is 0.354 e. The van der Waals surface area contributed by atoms with Gasteiger partial charge in [0.05, 0.1) is 16.4 Å². The molecule has 0 aliphatic heterocycles. The zero-order valence-electron chi connectivity index (χ0n) is 11.2. The van der Waals surface area contributed by atoms with E-state index in [1.807, 2.05) is 6.07 Å². The fourth-order valence-corrected chi connectivity index (χ4v) is 2.47. The van der Waals surface area contributed by atoms with Gasteiger partial charge in [-0.2, -0.15) is 5.10 Å². The summed E-state index contributed by atoms with van der Waals surface area (Å²) < 4.78 is 1.36. The molecule has 0 unspecified atom stereocenters. The second-order valence-corrected chi connectivity index (χ2v) is 5.43. The van der Waals surface area contributed by atoms with Crippen LogP contribution in [0.2, 0.25) is 10.0 Å². The summed E-state index contributed by atoms with van der Waals surface area (Å²) in [4.78, 5) is 11.5. The molecule has 1 heterocycles. The standard InChI is InChI=1S/C16H10Cl2N2O2/c17-10-5-7-11(8-6-10)20-15(16(21)22)9-14(19-20)12-3-1-2-4-13(12)18/h1-9H,(H,21,22). The monoisotopic (exact) mass is 332 g/mol. The Morgan fingerprint density at radius 3 is 2.36 bits per heavy atom. The SMILES string of the molecule is O=C(O)c1cc(-c2ccccc2Cl)nn1-c1ccc(Cl)cc1. The normalized spacial score (nSPS) is 10.6. The summed E-state index contributed by atoms with van der Waals surface area (Å²) in [6.07, 6.45) is 0. The van der Waals surface area contributed by atoms with Crippen LogP contribution in [0.1, 0.15) is 10.5 Å². The van der Waals surface area contributed by atoms with E-state index < -0.39 is 5.97 Å². The van der Waals surface area contributed by atoms with Gasteiger partial charge in [-0.25, -0.2) is 9.48 Å². The Morgan fingerprint density at radius 1 is 1.05 bits per heavy atom. The Bertz CT molecular complexity index is 842. The molecular formula is C16H10Cl2N2O2. The first-order chi connectivity index (χ1) is 10.6. The lowest BCUT2D eigenvalue weighted by atomic mass is 10.1. The molecule has 1 aromatic heterocycles. The summed E-state index contributed by atoms with van der Waals surface area (Å²) in [5.74, 6) is -1.07. The van der Waals surface area contributed by atoms with Crippen molar-refractivity contribution in [2.24, 2.45) is 0 Å². The molecule has 0 aliphatic carbocycles. The average molecular weight is 333 g/mol. The molecule has 0 aliphatic rings. The summed E-state index contributed by atoms with van der Waals surface area (Å²) in [5, 5.41) is 14.8. The van der Waals surface area contributed by atoms with Crippen LogP contribution in [-0.2, 0) is 0 Å². The van der Waals surface area contributed by atoms with Crippen molar-refractivity contribution in [1.82, 2.24) is 9.78 Å². The molecule has 4 nitrogen and oxygen atoms in total. The third-order valence-corrected chi connectivity index (χ3v) is 3.73. The van der Waals surface area contributed by atoms with Crippen LogP contribution in [0, 0.1) is 0 Å². The summed E-state index contributed by atoms with van der Waals surface area (Å²) in [5.41, 5.74) is 1.84. The molecule has 0 radical (unpaired) electrons. The highest BCUT2D eigenvalue weighted by Gasteiger charge is 2.17. The minimum absolute atomic E-state index is 0.0530. The van der Waals surface area contributed by atoms with Gasteiger partial charge in [-0.3, -0.25) is 0 Å². The van der Waals surface area contributed by atoms with Crippen LogP contribution in [0.3, 0.4) is 0 Å². The lowest BCUT2D eigenvalue weighted by Gasteiger charge is -2.04. The summed E-state index contributed by atoms with van der Waals surface area (Å²) in [6.45, 7) is 0. The van der Waals surface area contributed by atoms with Crippen LogP contribution in [0.15, 0.2) is 54.6 Å². The number of nitrogens with zero attached hydrogens (tertiary/aromatic N) is 2. The highest BCUT2D eigenvalue weighted by Crippen LogP contribution is 2.28. The number of hydrogen-bond donors (Lipinski definition) is 1. The van der Waals surface area contributed by atoms with E-state index in [-0.39, 0.29) is 5.69 Å². The van der Waals surface area contributed by atoms with Crippen LogP contribution in [0.25, 0.3) is 16.9 Å². The minimum Gasteiger partial charge on any atom is -0.477 e. The number of rotatable bonds is 3. The van der Waals surface area contributed by atoms with Gasteiger partial charge >= 0.3 is 5.97 Å². The number of benzene rings is 2. The molecule has 0 fully saturated rings. The number of carboxylic acids is 1. The fourth-order valence-electron chi connectivity index (χ4n) is 2.11. The minimum atomic E-state index is -1.07. The van der Waals surface area contributed by atoms with E-state index in [4.69, 9.17) is 23.2 Å². The molecule has 0 spiro atoms. The molecule has 0 amide bonds. The second-order valence-electron chi connectivity index (χ2n) is 4.59. The Balaban J connectivity index is 2.17. The Kier molecular flexibility index (Phi) is 3.88. The van der Waals surface area contributed by atoms with Gasteiger partial charge in [0.25, 0.3) is 0 Å². The van der Waals surface area contributed by atoms with Crippen molar-refractivity contribution in [3.8, 4) is 16.9 Å². The topological polar surface area (TPSA) is 55.1 Å². The predicted molar refractivity (Wildman–Crippen MR) is 86.0 cm³/mol. The summed E-state index contributed by atoms with van der Waals surface area (Å²) >= 11 is 12.0. The lowest BCUT2D eigenvalue weighted by Crippen LogP contribution is -2.07. The van der Waals surface area contributed by atoms with Gasteiger partial charge in [0.1, 0.15) is 0 Å². The van der Waals surface area contributed by atoms with Crippen molar-refractivity contribution in [2.75, 3.05) is 0 Å². The van der Waals surface area contributed by atoms with Gasteiger partial charge in [0, 0.05) is 10.6 Å². The summed E-state index contributed by atoms with van der Waals surface area (Å²) in [7, 11) is 0. The second kappa shape index (κ2) is 5.83. The number of aromatic carboxylic acids is 1. The van der Waals surface area contributed by atoms with Crippen molar-refractivity contribution in [3.63, 3.8) is 0 Å². The van der Waals surface area contributed by atoms with E-state index in [9.17, 15) is 9.90 Å². The van der Waals surface area contributed by atoms with Crippen LogP contribution in [-0.4, -0.2) is 20.9 Å². The quantitative estimate of drug-likeness (QED) is 0.765. The van der Waals surface area contributed by atoms with Gasteiger partial charge < -0.3 is 5.11 Å². The van der Waals surface area contributed by atoms with E-state index in [2.05, 4.69) is 5.10 Å². The van der Waals surface area contributed by atoms with E-state index in [1.165, 1.54) is 10.7 Å². The molecule has 2 aromatic carbocycles.